The van der Waals surface area contributed by atoms with Crippen molar-refractivity contribution in [1.29, 1.82) is 0 Å². The van der Waals surface area contributed by atoms with Gasteiger partial charge in [0.15, 0.2) is 0 Å². The molecule has 0 bridgehead atoms. The zero-order chi connectivity index (χ0) is 24.3. The van der Waals surface area contributed by atoms with Crippen LogP contribution in [0.4, 0.5) is 22.0 Å². The number of aryl methyl sites for hydroxylation is 2. The smallest absolute Gasteiger partial charge is 0.406 e. The molecular weight excluding hydrogens is 447 g/mol. The molecule has 4 rings (SSSR count). The molecule has 3 aromatic carbocycles. The molecule has 1 aliphatic carbocycles. The average molecular weight is 475 g/mol. The molecule has 1 atom stereocenters. The maximum Gasteiger partial charge on any atom is 0.573 e. The molecule has 6 heteroatoms. The van der Waals surface area contributed by atoms with Crippen LogP contribution < -0.4 is 4.74 Å². The van der Waals surface area contributed by atoms with Gasteiger partial charge in [0.25, 0.3) is 0 Å². The van der Waals surface area contributed by atoms with Crippen molar-refractivity contribution in [3.8, 4) is 16.9 Å². The quantitative estimate of drug-likeness (QED) is 0.246. The molecule has 1 aliphatic rings. The van der Waals surface area contributed by atoms with Gasteiger partial charge in [-0.2, -0.15) is 0 Å². The van der Waals surface area contributed by atoms with Crippen LogP contribution in [0.15, 0.2) is 54.6 Å². The zero-order valence-electron chi connectivity index (χ0n) is 19.0. The summed E-state index contributed by atoms with van der Waals surface area (Å²) in [6.45, 7) is 2.09. The van der Waals surface area contributed by atoms with Gasteiger partial charge in [0.2, 0.25) is 0 Å². The van der Waals surface area contributed by atoms with Gasteiger partial charge in [0.05, 0.1) is 0 Å². The van der Waals surface area contributed by atoms with Crippen LogP contribution in [-0.2, 0) is 19.3 Å². The van der Waals surface area contributed by atoms with Gasteiger partial charge in [-0.25, -0.2) is 8.78 Å². The molecular formula is C28H27F5O. The molecule has 0 heterocycles. The van der Waals surface area contributed by atoms with Crippen LogP contribution in [0.5, 0.6) is 5.75 Å². The Balaban J connectivity index is 1.49. The van der Waals surface area contributed by atoms with E-state index in [1.54, 1.807) is 12.1 Å². The fourth-order valence-corrected chi connectivity index (χ4v) is 4.78. The lowest BCUT2D eigenvalue weighted by atomic mass is 9.78. The third kappa shape index (κ3) is 5.78. The van der Waals surface area contributed by atoms with Gasteiger partial charge < -0.3 is 4.74 Å². The van der Waals surface area contributed by atoms with E-state index < -0.39 is 18.0 Å². The van der Waals surface area contributed by atoms with E-state index in [9.17, 15) is 22.0 Å². The highest BCUT2D eigenvalue weighted by atomic mass is 19.4. The van der Waals surface area contributed by atoms with Crippen LogP contribution in [0.3, 0.4) is 0 Å². The zero-order valence-corrected chi connectivity index (χ0v) is 19.0. The molecule has 180 valence electrons. The monoisotopic (exact) mass is 474 g/mol. The summed E-state index contributed by atoms with van der Waals surface area (Å²) in [6.07, 6.45) is 0.850. The normalized spacial score (nSPS) is 15.8. The highest BCUT2D eigenvalue weighted by molar-refractivity contribution is 5.66. The fourth-order valence-electron chi connectivity index (χ4n) is 4.78. The number of benzene rings is 3. The molecule has 1 nitrogen and oxygen atoms in total. The molecule has 0 fully saturated rings. The van der Waals surface area contributed by atoms with Gasteiger partial charge in [-0.1, -0.05) is 50.1 Å². The van der Waals surface area contributed by atoms with Crippen LogP contribution in [0.25, 0.3) is 11.1 Å². The number of alkyl halides is 3. The van der Waals surface area contributed by atoms with Crippen LogP contribution >= 0.6 is 0 Å². The van der Waals surface area contributed by atoms with E-state index in [2.05, 4.69) is 11.7 Å². The first-order valence-corrected chi connectivity index (χ1v) is 11.7. The van der Waals surface area contributed by atoms with E-state index in [0.29, 0.717) is 31.2 Å². The first-order chi connectivity index (χ1) is 16.2. The van der Waals surface area contributed by atoms with Crippen molar-refractivity contribution in [3.63, 3.8) is 0 Å². The maximum atomic E-state index is 14.9. The van der Waals surface area contributed by atoms with Gasteiger partial charge in [-0.3, -0.25) is 0 Å². The molecule has 0 N–H and O–H groups in total. The number of hydrogen-bond acceptors (Lipinski definition) is 1. The summed E-state index contributed by atoms with van der Waals surface area (Å²) in [5, 5.41) is 0. The lowest BCUT2D eigenvalue weighted by Gasteiger charge is -2.26. The van der Waals surface area contributed by atoms with Gasteiger partial charge in [-0.05, 0) is 90.1 Å². The van der Waals surface area contributed by atoms with Gasteiger partial charge in [-0.15, -0.1) is 13.2 Å². The third-order valence-electron chi connectivity index (χ3n) is 6.47. The minimum Gasteiger partial charge on any atom is -0.406 e. The number of ether oxygens (including phenoxy) is 1. The Morgan fingerprint density at radius 2 is 1.53 bits per heavy atom. The number of halogens is 5. The summed E-state index contributed by atoms with van der Waals surface area (Å²) in [5.41, 5.74) is 4.68. The maximum absolute atomic E-state index is 14.9. The van der Waals surface area contributed by atoms with Crippen LogP contribution in [-0.4, -0.2) is 6.36 Å². The average Bonchev–Trinajstić information content (AvgIpc) is 2.78. The van der Waals surface area contributed by atoms with E-state index in [-0.39, 0.29) is 17.2 Å². The van der Waals surface area contributed by atoms with E-state index in [1.807, 2.05) is 18.2 Å². The van der Waals surface area contributed by atoms with E-state index in [1.165, 1.54) is 24.3 Å². The second kappa shape index (κ2) is 10.2. The minimum absolute atomic E-state index is 0.175. The topological polar surface area (TPSA) is 9.23 Å². The Labute approximate surface area is 196 Å². The van der Waals surface area contributed by atoms with Crippen molar-refractivity contribution in [2.24, 2.45) is 0 Å². The summed E-state index contributed by atoms with van der Waals surface area (Å²) >= 11 is 0. The molecule has 34 heavy (non-hydrogen) atoms. The first kappa shape index (κ1) is 24.2. The van der Waals surface area contributed by atoms with Crippen molar-refractivity contribution in [2.75, 3.05) is 0 Å². The van der Waals surface area contributed by atoms with Crippen molar-refractivity contribution in [1.82, 2.24) is 0 Å². The first-order valence-electron chi connectivity index (χ1n) is 11.7. The Morgan fingerprint density at radius 1 is 0.853 bits per heavy atom. The second-order valence-corrected chi connectivity index (χ2v) is 8.93. The summed E-state index contributed by atoms with van der Waals surface area (Å²) in [6, 6.07) is 14.6. The van der Waals surface area contributed by atoms with Crippen molar-refractivity contribution in [2.45, 2.75) is 64.1 Å². The van der Waals surface area contributed by atoms with Crippen LogP contribution in [0.2, 0.25) is 0 Å². The predicted octanol–water partition coefficient (Wildman–Crippen LogP) is 8.54. The SMILES string of the molecule is CCCCCc1cc(F)c(C2CCc3cc(-c4ccc(OC(F)(F)F)cc4)ccc3C2)c(F)c1. The van der Waals surface area contributed by atoms with Crippen molar-refractivity contribution < 1.29 is 26.7 Å². The van der Waals surface area contributed by atoms with E-state index in [0.717, 1.165) is 41.5 Å². The number of hydrogen-bond donors (Lipinski definition) is 0. The van der Waals surface area contributed by atoms with Crippen LogP contribution in [0.1, 0.15) is 60.8 Å². The highest BCUT2D eigenvalue weighted by Gasteiger charge is 2.31. The largest absolute Gasteiger partial charge is 0.573 e. The number of rotatable bonds is 7. The molecule has 0 amide bonds. The van der Waals surface area contributed by atoms with Gasteiger partial charge >= 0.3 is 6.36 Å². The highest BCUT2D eigenvalue weighted by Crippen LogP contribution is 2.37. The molecule has 1 unspecified atom stereocenters. The minimum atomic E-state index is -4.72. The van der Waals surface area contributed by atoms with Gasteiger partial charge in [0, 0.05) is 5.56 Å². The molecule has 0 spiro atoms. The molecule has 0 aliphatic heterocycles. The molecule has 3 aromatic rings. The van der Waals surface area contributed by atoms with Gasteiger partial charge in [0.1, 0.15) is 17.4 Å². The Morgan fingerprint density at radius 3 is 2.18 bits per heavy atom. The molecule has 0 saturated carbocycles. The van der Waals surface area contributed by atoms with E-state index in [4.69, 9.17) is 0 Å². The summed E-state index contributed by atoms with van der Waals surface area (Å²) in [5.74, 6) is -1.41. The fraction of sp³-hybridized carbons (Fsp3) is 0.357. The standard InChI is InChI=1S/C28H27F5O/c1-2-3-4-5-18-14-25(29)27(26(30)15-18)23-9-8-21-16-20(6-7-22(21)17-23)19-10-12-24(13-11-19)34-28(31,32)33/h6-7,10-16,23H,2-5,8-9,17H2,1H3. The third-order valence-corrected chi connectivity index (χ3v) is 6.47. The van der Waals surface area contributed by atoms with Crippen molar-refractivity contribution in [3.05, 3.63) is 88.5 Å². The lowest BCUT2D eigenvalue weighted by Crippen LogP contribution is -2.17. The lowest BCUT2D eigenvalue weighted by molar-refractivity contribution is -0.274. The summed E-state index contributed by atoms with van der Waals surface area (Å²) in [7, 11) is 0. The summed E-state index contributed by atoms with van der Waals surface area (Å²) < 4.78 is 70.8. The predicted molar refractivity (Wildman–Crippen MR) is 123 cm³/mol. The summed E-state index contributed by atoms with van der Waals surface area (Å²) in [4.78, 5) is 0. The van der Waals surface area contributed by atoms with Crippen LogP contribution in [0, 0.1) is 11.6 Å². The van der Waals surface area contributed by atoms with Crippen molar-refractivity contribution >= 4 is 0 Å². The molecule has 0 aromatic heterocycles. The second-order valence-electron chi connectivity index (χ2n) is 8.93. The Hall–Kier alpha value is -2.89. The molecule has 0 radical (unpaired) electrons. The molecule has 0 saturated heterocycles. The Kier molecular flexibility index (Phi) is 7.24. The number of unbranched alkanes of at least 4 members (excludes halogenated alkanes) is 2. The Bertz CT molecular complexity index is 1110. The van der Waals surface area contributed by atoms with E-state index >= 15 is 0 Å². The number of fused-ring (bicyclic) bond motifs is 1.